The van der Waals surface area contributed by atoms with Crippen LogP contribution in [0.15, 0.2) is 6.07 Å². The molecule has 0 amide bonds. The van der Waals surface area contributed by atoms with Gasteiger partial charge in [-0.2, -0.15) is 36.3 Å². The Morgan fingerprint density at radius 1 is 1.19 bits per heavy atom. The molecule has 21 heavy (non-hydrogen) atoms. The first-order valence-electron chi connectivity index (χ1n) is 5.72. The first-order valence-corrected chi connectivity index (χ1v) is 5.72. The lowest BCUT2D eigenvalue weighted by atomic mass is 10.3. The minimum absolute atomic E-state index is 0.0255. The molecule has 1 aromatic rings. The van der Waals surface area contributed by atoms with Crippen molar-refractivity contribution >= 4 is 11.8 Å². The van der Waals surface area contributed by atoms with E-state index in [1.54, 1.807) is 6.92 Å². The molecule has 0 radical (unpaired) electrons. The van der Waals surface area contributed by atoms with Gasteiger partial charge in [0, 0.05) is 12.6 Å². The molecule has 0 aliphatic heterocycles. The van der Waals surface area contributed by atoms with Gasteiger partial charge in [0.25, 0.3) is 6.10 Å². The van der Waals surface area contributed by atoms with Gasteiger partial charge >= 0.3 is 12.4 Å². The Hall–Kier alpha value is -1.94. The lowest BCUT2D eigenvalue weighted by molar-refractivity contribution is -0.300. The zero-order valence-electron chi connectivity index (χ0n) is 10.7. The molecule has 0 aliphatic carbocycles. The summed E-state index contributed by atoms with van der Waals surface area (Å²) in [6.07, 6.45) is -14.6. The molecule has 1 rings (SSSR count). The van der Waals surface area contributed by atoms with E-state index >= 15 is 0 Å². The van der Waals surface area contributed by atoms with Crippen molar-refractivity contribution in [2.24, 2.45) is 0 Å². The van der Waals surface area contributed by atoms with Gasteiger partial charge in [0.15, 0.2) is 0 Å². The Labute approximate surface area is 115 Å². The third-order valence-corrected chi connectivity index (χ3v) is 2.11. The maximum Gasteiger partial charge on any atom is 0.434 e. The maximum atomic E-state index is 12.4. The summed E-state index contributed by atoms with van der Waals surface area (Å²) in [6, 6.07) is 0.816. The number of nitrogens with zero attached hydrogens (tertiary/aromatic N) is 2. The van der Waals surface area contributed by atoms with E-state index in [1.165, 1.54) is 0 Å². The maximum absolute atomic E-state index is 12.4. The SMILES string of the molecule is CCCNc1cc(OC(C(F)(F)F)C(F)(F)F)nc(N)n1. The average molecular weight is 318 g/mol. The first-order chi connectivity index (χ1) is 9.54. The van der Waals surface area contributed by atoms with E-state index in [9.17, 15) is 26.3 Å². The monoisotopic (exact) mass is 318 g/mol. The molecule has 0 bridgehead atoms. The molecule has 1 heterocycles. The second kappa shape index (κ2) is 6.22. The van der Waals surface area contributed by atoms with Gasteiger partial charge in [-0.1, -0.05) is 6.92 Å². The standard InChI is InChI=1S/C10H12F6N4O/c1-2-3-18-5-4-6(20-8(17)19-5)21-7(9(11,12)13)10(14,15)16/h4,7H,2-3H2,1H3,(H3,17,18,19,20). The minimum Gasteiger partial charge on any atom is -0.455 e. The Morgan fingerprint density at radius 2 is 1.76 bits per heavy atom. The smallest absolute Gasteiger partial charge is 0.434 e. The number of halogens is 6. The molecule has 0 saturated heterocycles. The Kier molecular flexibility index (Phi) is 5.07. The number of aromatic nitrogens is 2. The first kappa shape index (κ1) is 17.1. The summed E-state index contributed by atoms with van der Waals surface area (Å²) in [4.78, 5) is 6.83. The number of anilines is 2. The van der Waals surface area contributed by atoms with Gasteiger partial charge in [-0.3, -0.25) is 0 Å². The fraction of sp³-hybridized carbons (Fsp3) is 0.600. The highest BCUT2D eigenvalue weighted by Gasteiger charge is 2.59. The van der Waals surface area contributed by atoms with Crippen LogP contribution in [0.1, 0.15) is 13.3 Å². The van der Waals surface area contributed by atoms with Crippen molar-refractivity contribution in [3.8, 4) is 5.88 Å². The van der Waals surface area contributed by atoms with E-state index in [1.807, 2.05) is 0 Å². The molecule has 0 atom stereocenters. The highest BCUT2D eigenvalue weighted by Crippen LogP contribution is 2.36. The van der Waals surface area contributed by atoms with Crippen molar-refractivity contribution in [2.45, 2.75) is 31.8 Å². The molecule has 0 fully saturated rings. The fourth-order valence-electron chi connectivity index (χ4n) is 1.29. The highest BCUT2D eigenvalue weighted by molar-refractivity contribution is 5.42. The molecule has 11 heteroatoms. The van der Waals surface area contributed by atoms with Gasteiger partial charge < -0.3 is 15.8 Å². The fourth-order valence-corrected chi connectivity index (χ4v) is 1.29. The number of hydrogen-bond donors (Lipinski definition) is 2. The number of nitrogens with one attached hydrogen (secondary N) is 1. The van der Waals surface area contributed by atoms with Crippen LogP contribution in [0.5, 0.6) is 5.88 Å². The van der Waals surface area contributed by atoms with Gasteiger partial charge in [-0.05, 0) is 6.42 Å². The lowest BCUT2D eigenvalue weighted by Crippen LogP contribution is -2.46. The zero-order valence-corrected chi connectivity index (χ0v) is 10.7. The number of hydrogen-bond acceptors (Lipinski definition) is 5. The number of nitrogens with two attached hydrogens (primary N) is 1. The van der Waals surface area contributed by atoms with Crippen molar-refractivity contribution in [1.82, 2.24) is 9.97 Å². The quantitative estimate of drug-likeness (QED) is 0.817. The summed E-state index contributed by atoms with van der Waals surface area (Å²) in [7, 11) is 0. The van der Waals surface area contributed by atoms with Crippen LogP contribution in [-0.4, -0.2) is 35.0 Å². The van der Waals surface area contributed by atoms with E-state index < -0.39 is 30.3 Å². The van der Waals surface area contributed by atoms with Crippen LogP contribution in [0.4, 0.5) is 38.1 Å². The summed E-state index contributed by atoms with van der Waals surface area (Å²) < 4.78 is 78.1. The van der Waals surface area contributed by atoms with Gasteiger partial charge in [0.1, 0.15) is 5.82 Å². The van der Waals surface area contributed by atoms with Gasteiger partial charge in [0.2, 0.25) is 11.8 Å². The third kappa shape index (κ3) is 5.16. The molecule has 0 spiro atoms. The Bertz CT molecular complexity index is 462. The van der Waals surface area contributed by atoms with Gasteiger partial charge in [0.05, 0.1) is 0 Å². The van der Waals surface area contributed by atoms with Crippen molar-refractivity contribution in [3.05, 3.63) is 6.07 Å². The Balaban J connectivity index is 3.01. The number of nitrogen functional groups attached to an aromatic ring is 1. The van der Waals surface area contributed by atoms with Crippen LogP contribution in [0.2, 0.25) is 0 Å². The molecule has 120 valence electrons. The van der Waals surface area contributed by atoms with E-state index in [0.29, 0.717) is 13.0 Å². The van der Waals surface area contributed by atoms with Crippen molar-refractivity contribution in [3.63, 3.8) is 0 Å². The van der Waals surface area contributed by atoms with Crippen molar-refractivity contribution in [2.75, 3.05) is 17.6 Å². The number of alkyl halides is 6. The molecule has 0 aromatic carbocycles. The summed E-state index contributed by atoms with van der Waals surface area (Å²) in [5.74, 6) is -1.45. The molecule has 0 aliphatic rings. The topological polar surface area (TPSA) is 73.1 Å². The number of ether oxygens (including phenoxy) is 1. The third-order valence-electron chi connectivity index (χ3n) is 2.11. The molecule has 0 unspecified atom stereocenters. The van der Waals surface area contributed by atoms with Crippen molar-refractivity contribution < 1.29 is 31.1 Å². The van der Waals surface area contributed by atoms with E-state index in [4.69, 9.17) is 5.73 Å². The zero-order chi connectivity index (χ0) is 16.3. The molecule has 3 N–H and O–H groups in total. The predicted octanol–water partition coefficient (Wildman–Crippen LogP) is 2.75. The van der Waals surface area contributed by atoms with Gasteiger partial charge in [-0.15, -0.1) is 0 Å². The average Bonchev–Trinajstić information content (AvgIpc) is 2.30. The second-order valence-electron chi connectivity index (χ2n) is 3.96. The molecule has 1 aromatic heterocycles. The van der Waals surface area contributed by atoms with Crippen LogP contribution in [0, 0.1) is 0 Å². The largest absolute Gasteiger partial charge is 0.455 e. The predicted molar refractivity (Wildman–Crippen MR) is 61.8 cm³/mol. The van der Waals surface area contributed by atoms with Crippen LogP contribution >= 0.6 is 0 Å². The molecular weight excluding hydrogens is 306 g/mol. The molecule has 0 saturated carbocycles. The van der Waals surface area contributed by atoms with Crippen LogP contribution in [-0.2, 0) is 0 Å². The minimum atomic E-state index is -5.63. The van der Waals surface area contributed by atoms with Crippen LogP contribution < -0.4 is 15.8 Å². The van der Waals surface area contributed by atoms with Crippen molar-refractivity contribution in [1.29, 1.82) is 0 Å². The lowest BCUT2D eigenvalue weighted by Gasteiger charge is -2.23. The van der Waals surface area contributed by atoms with E-state index in [2.05, 4.69) is 20.0 Å². The second-order valence-corrected chi connectivity index (χ2v) is 3.96. The summed E-state index contributed by atoms with van der Waals surface area (Å²) in [5, 5.41) is 2.65. The highest BCUT2D eigenvalue weighted by atomic mass is 19.4. The normalized spacial score (nSPS) is 12.6. The molecular formula is C10H12F6N4O. The molecule has 5 nitrogen and oxygen atoms in total. The van der Waals surface area contributed by atoms with Crippen LogP contribution in [0.25, 0.3) is 0 Å². The van der Waals surface area contributed by atoms with E-state index in [0.717, 1.165) is 6.07 Å². The summed E-state index contributed by atoms with van der Waals surface area (Å²) in [5.41, 5.74) is 5.22. The summed E-state index contributed by atoms with van der Waals surface area (Å²) >= 11 is 0. The number of rotatable bonds is 5. The van der Waals surface area contributed by atoms with Crippen LogP contribution in [0.3, 0.4) is 0 Å². The van der Waals surface area contributed by atoms with Gasteiger partial charge in [-0.25, -0.2) is 0 Å². The van der Waals surface area contributed by atoms with E-state index in [-0.39, 0.29) is 5.82 Å². The summed E-state index contributed by atoms with van der Waals surface area (Å²) in [6.45, 7) is 2.20. The Morgan fingerprint density at radius 3 is 2.24 bits per heavy atom.